The Labute approximate surface area is 180 Å². The SMILES string of the molecule is Cc1ccc(/C(O)=C2/C(=O)C(=O)N(c3ccc(C#N)cc3)C2c2cccc(C)c2)cc1. The molecule has 1 atom stereocenters. The number of aliphatic hydroxyl groups is 1. The van der Waals surface area contributed by atoms with Gasteiger partial charge in [0, 0.05) is 11.3 Å². The number of ketones is 1. The molecule has 5 nitrogen and oxygen atoms in total. The maximum absolute atomic E-state index is 13.1. The van der Waals surface area contributed by atoms with Crippen molar-refractivity contribution in [1.82, 2.24) is 0 Å². The summed E-state index contributed by atoms with van der Waals surface area (Å²) in [4.78, 5) is 27.6. The highest BCUT2D eigenvalue weighted by atomic mass is 16.3. The van der Waals surface area contributed by atoms with Crippen molar-refractivity contribution in [2.75, 3.05) is 4.90 Å². The summed E-state index contributed by atoms with van der Waals surface area (Å²) in [6, 6.07) is 22.4. The van der Waals surface area contributed by atoms with Crippen LogP contribution in [-0.2, 0) is 9.59 Å². The fourth-order valence-electron chi connectivity index (χ4n) is 3.82. The molecule has 5 heteroatoms. The Morgan fingerprint density at radius 2 is 1.61 bits per heavy atom. The second-order valence-electron chi connectivity index (χ2n) is 7.61. The summed E-state index contributed by atoms with van der Waals surface area (Å²) in [5.41, 5.74) is 4.16. The standard InChI is InChI=1S/C26H20N2O3/c1-16-6-10-19(11-7-16)24(29)22-23(20-5-3-4-17(2)14-20)28(26(31)25(22)30)21-12-8-18(15-27)9-13-21/h3-14,23,29H,1-2H3/b24-22-. The average molecular weight is 408 g/mol. The molecule has 1 heterocycles. The molecule has 0 spiro atoms. The van der Waals surface area contributed by atoms with E-state index in [0.717, 1.165) is 16.7 Å². The van der Waals surface area contributed by atoms with Gasteiger partial charge in [-0.2, -0.15) is 5.26 Å². The summed E-state index contributed by atoms with van der Waals surface area (Å²) >= 11 is 0. The van der Waals surface area contributed by atoms with Crippen LogP contribution in [0.4, 0.5) is 5.69 Å². The second kappa shape index (κ2) is 7.92. The smallest absolute Gasteiger partial charge is 0.300 e. The van der Waals surface area contributed by atoms with Gasteiger partial charge in [0.1, 0.15) is 5.76 Å². The molecule has 1 aliphatic heterocycles. The molecule has 0 saturated carbocycles. The molecule has 0 bridgehead atoms. The van der Waals surface area contributed by atoms with Crippen LogP contribution in [0.2, 0.25) is 0 Å². The van der Waals surface area contributed by atoms with Gasteiger partial charge in [0.05, 0.1) is 23.2 Å². The first-order valence-electron chi connectivity index (χ1n) is 9.85. The van der Waals surface area contributed by atoms with E-state index < -0.39 is 17.7 Å². The topological polar surface area (TPSA) is 81.4 Å². The van der Waals surface area contributed by atoms with E-state index >= 15 is 0 Å². The summed E-state index contributed by atoms with van der Waals surface area (Å²) in [6.45, 7) is 3.86. The lowest BCUT2D eigenvalue weighted by atomic mass is 9.94. The zero-order chi connectivity index (χ0) is 22.1. The van der Waals surface area contributed by atoms with E-state index in [1.54, 1.807) is 36.4 Å². The molecule has 1 N–H and O–H groups in total. The largest absolute Gasteiger partial charge is 0.507 e. The minimum Gasteiger partial charge on any atom is -0.507 e. The monoisotopic (exact) mass is 408 g/mol. The zero-order valence-electron chi connectivity index (χ0n) is 17.2. The molecule has 152 valence electrons. The van der Waals surface area contributed by atoms with Crippen molar-refractivity contribution in [3.05, 3.63) is 106 Å². The molecule has 0 aromatic heterocycles. The Morgan fingerprint density at radius 1 is 0.935 bits per heavy atom. The van der Waals surface area contributed by atoms with Crippen molar-refractivity contribution >= 4 is 23.1 Å². The van der Waals surface area contributed by atoms with E-state index in [0.29, 0.717) is 16.8 Å². The van der Waals surface area contributed by atoms with Gasteiger partial charge in [0.25, 0.3) is 11.7 Å². The van der Waals surface area contributed by atoms with Crippen molar-refractivity contribution in [3.8, 4) is 6.07 Å². The van der Waals surface area contributed by atoms with Crippen molar-refractivity contribution < 1.29 is 14.7 Å². The van der Waals surface area contributed by atoms with Crippen molar-refractivity contribution in [3.63, 3.8) is 0 Å². The maximum Gasteiger partial charge on any atom is 0.300 e. The summed E-state index contributed by atoms with van der Waals surface area (Å²) in [6.07, 6.45) is 0. The van der Waals surface area contributed by atoms with Crippen molar-refractivity contribution in [1.29, 1.82) is 5.26 Å². The predicted octanol–water partition coefficient (Wildman–Crippen LogP) is 4.80. The Hall–Kier alpha value is -4.17. The lowest BCUT2D eigenvalue weighted by Crippen LogP contribution is -2.29. The Kier molecular flexibility index (Phi) is 5.14. The number of Topliss-reactive ketones (excluding diaryl/α,β-unsaturated/α-hetero) is 1. The van der Waals surface area contributed by atoms with Crippen LogP contribution in [0.5, 0.6) is 0 Å². The number of nitrogens with zero attached hydrogens (tertiary/aromatic N) is 2. The first kappa shape index (κ1) is 20.1. The van der Waals surface area contributed by atoms with Gasteiger partial charge in [-0.1, -0.05) is 59.7 Å². The number of rotatable bonds is 3. The molecule has 1 aliphatic rings. The lowest BCUT2D eigenvalue weighted by molar-refractivity contribution is -0.132. The molecule has 1 unspecified atom stereocenters. The van der Waals surface area contributed by atoms with E-state index in [2.05, 4.69) is 0 Å². The van der Waals surface area contributed by atoms with Crippen LogP contribution in [0.1, 0.15) is 33.9 Å². The van der Waals surface area contributed by atoms with Crippen LogP contribution < -0.4 is 4.90 Å². The molecule has 4 rings (SSSR count). The van der Waals surface area contributed by atoms with Gasteiger partial charge in [0.15, 0.2) is 0 Å². The third-order valence-corrected chi connectivity index (χ3v) is 5.40. The molecular weight excluding hydrogens is 388 g/mol. The van der Waals surface area contributed by atoms with Gasteiger partial charge in [0.2, 0.25) is 0 Å². The average Bonchev–Trinajstić information content (AvgIpc) is 3.04. The first-order valence-corrected chi connectivity index (χ1v) is 9.85. The van der Waals surface area contributed by atoms with Crippen LogP contribution in [0.25, 0.3) is 5.76 Å². The van der Waals surface area contributed by atoms with Crippen molar-refractivity contribution in [2.45, 2.75) is 19.9 Å². The number of hydrogen-bond donors (Lipinski definition) is 1. The van der Waals surface area contributed by atoms with Crippen LogP contribution in [0.15, 0.2) is 78.4 Å². The minimum atomic E-state index is -0.783. The van der Waals surface area contributed by atoms with Gasteiger partial charge in [-0.3, -0.25) is 14.5 Å². The number of nitriles is 1. The fraction of sp³-hybridized carbons (Fsp3) is 0.115. The number of aliphatic hydroxyl groups excluding tert-OH is 1. The Bertz CT molecular complexity index is 1250. The molecule has 0 radical (unpaired) electrons. The second-order valence-corrected chi connectivity index (χ2v) is 7.61. The molecule has 1 saturated heterocycles. The Morgan fingerprint density at radius 3 is 2.23 bits per heavy atom. The minimum absolute atomic E-state index is 0.0452. The number of hydrogen-bond acceptors (Lipinski definition) is 4. The van der Waals surface area contributed by atoms with E-state index in [4.69, 9.17) is 5.26 Å². The molecule has 3 aromatic carbocycles. The van der Waals surface area contributed by atoms with E-state index in [9.17, 15) is 14.7 Å². The molecule has 3 aromatic rings. The van der Waals surface area contributed by atoms with Crippen molar-refractivity contribution in [2.24, 2.45) is 0 Å². The number of aryl methyl sites for hydroxylation is 2. The van der Waals surface area contributed by atoms with Crippen LogP contribution >= 0.6 is 0 Å². The number of anilines is 1. The van der Waals surface area contributed by atoms with Crippen LogP contribution in [-0.4, -0.2) is 16.8 Å². The van der Waals surface area contributed by atoms with E-state index in [-0.39, 0.29) is 11.3 Å². The van der Waals surface area contributed by atoms with Gasteiger partial charge in [-0.05, 0) is 43.7 Å². The number of benzene rings is 3. The zero-order valence-corrected chi connectivity index (χ0v) is 17.2. The quantitative estimate of drug-likeness (QED) is 0.383. The van der Waals surface area contributed by atoms with Gasteiger partial charge in [-0.15, -0.1) is 0 Å². The highest BCUT2D eigenvalue weighted by Crippen LogP contribution is 2.42. The van der Waals surface area contributed by atoms with Gasteiger partial charge in [-0.25, -0.2) is 0 Å². The summed E-state index contributed by atoms with van der Waals surface area (Å²) in [5, 5.41) is 20.2. The van der Waals surface area contributed by atoms with Crippen LogP contribution in [0.3, 0.4) is 0 Å². The molecule has 1 amide bonds. The Balaban J connectivity index is 1.94. The molecule has 0 aliphatic carbocycles. The summed E-state index contributed by atoms with van der Waals surface area (Å²) in [5.74, 6) is -1.67. The number of carbonyl (C=O) groups excluding carboxylic acids is 2. The third-order valence-electron chi connectivity index (χ3n) is 5.40. The first-order chi connectivity index (χ1) is 14.9. The molecular formula is C26H20N2O3. The third kappa shape index (κ3) is 3.60. The number of amides is 1. The normalized spacial score (nSPS) is 17.6. The highest BCUT2D eigenvalue weighted by molar-refractivity contribution is 6.51. The molecule has 31 heavy (non-hydrogen) atoms. The van der Waals surface area contributed by atoms with E-state index in [1.807, 2.05) is 56.3 Å². The fourth-order valence-corrected chi connectivity index (χ4v) is 3.82. The molecule has 1 fully saturated rings. The highest BCUT2D eigenvalue weighted by Gasteiger charge is 2.46. The van der Waals surface area contributed by atoms with Gasteiger partial charge >= 0.3 is 0 Å². The lowest BCUT2D eigenvalue weighted by Gasteiger charge is -2.25. The summed E-state index contributed by atoms with van der Waals surface area (Å²) in [7, 11) is 0. The van der Waals surface area contributed by atoms with E-state index in [1.165, 1.54) is 4.90 Å². The predicted molar refractivity (Wildman–Crippen MR) is 118 cm³/mol. The number of carbonyl (C=O) groups is 2. The maximum atomic E-state index is 13.1. The van der Waals surface area contributed by atoms with Gasteiger partial charge < -0.3 is 5.11 Å². The summed E-state index contributed by atoms with van der Waals surface area (Å²) < 4.78 is 0. The van der Waals surface area contributed by atoms with Crippen LogP contribution in [0, 0.1) is 25.2 Å².